The van der Waals surface area contributed by atoms with Crippen molar-refractivity contribution in [1.29, 1.82) is 0 Å². The lowest BCUT2D eigenvalue weighted by Gasteiger charge is -2.33. The molecule has 10 heteroatoms. The summed E-state index contributed by atoms with van der Waals surface area (Å²) in [5.74, 6) is 3.95. The van der Waals surface area contributed by atoms with E-state index >= 15 is 0 Å². The Morgan fingerprint density at radius 2 is 0.741 bits per heavy atom. The number of nitrogens with zero attached hydrogens (tertiary/aromatic N) is 6. The van der Waals surface area contributed by atoms with E-state index in [-0.39, 0.29) is 0 Å². The Morgan fingerprint density at radius 1 is 0.379 bits per heavy atom. The third kappa shape index (κ3) is 5.20. The van der Waals surface area contributed by atoms with Crippen molar-refractivity contribution in [2.24, 2.45) is 0 Å². The van der Waals surface area contributed by atoms with Crippen molar-refractivity contribution in [3.63, 3.8) is 0 Å². The average molecular weight is 753 g/mol. The van der Waals surface area contributed by atoms with E-state index in [1.165, 1.54) is 0 Å². The molecule has 0 spiro atoms. The van der Waals surface area contributed by atoms with Gasteiger partial charge in [-0.2, -0.15) is 0 Å². The standard InChI is InChI=1S/C48H28N6O4/c1-5-13-41-37(9-1)53(38-10-2-6-14-42(38)55-41)33-23-29(21-31(25-33)47-51-35-17-19-49-27-45(35)57-47)30-22-32(48-52-36-18-20-50-28-46(36)58-48)26-34(24-30)54-39-11-3-7-15-43(39)56-44-16-8-4-12-40(44)54/h1-28H. The fourth-order valence-corrected chi connectivity index (χ4v) is 7.83. The van der Waals surface area contributed by atoms with Gasteiger partial charge in [0.2, 0.25) is 11.8 Å². The van der Waals surface area contributed by atoms with Gasteiger partial charge in [-0.1, -0.05) is 48.5 Å². The van der Waals surface area contributed by atoms with E-state index in [2.05, 4.69) is 80.4 Å². The summed E-state index contributed by atoms with van der Waals surface area (Å²) in [7, 11) is 0. The van der Waals surface area contributed by atoms with E-state index in [9.17, 15) is 0 Å². The molecule has 4 aromatic heterocycles. The molecule has 0 amide bonds. The van der Waals surface area contributed by atoms with Gasteiger partial charge in [-0.05, 0) is 108 Å². The molecule has 274 valence electrons. The van der Waals surface area contributed by atoms with Crippen LogP contribution in [0.2, 0.25) is 0 Å². The van der Waals surface area contributed by atoms with Crippen molar-refractivity contribution in [2.45, 2.75) is 0 Å². The van der Waals surface area contributed by atoms with Gasteiger partial charge in [-0.3, -0.25) is 9.97 Å². The Hall–Kier alpha value is -8.24. The highest BCUT2D eigenvalue weighted by molar-refractivity contribution is 5.93. The van der Waals surface area contributed by atoms with Gasteiger partial charge in [0.15, 0.2) is 34.2 Å². The molecule has 0 bridgehead atoms. The summed E-state index contributed by atoms with van der Waals surface area (Å²) < 4.78 is 25.6. The third-order valence-electron chi connectivity index (χ3n) is 10.4. The van der Waals surface area contributed by atoms with Crippen LogP contribution in [-0.4, -0.2) is 19.9 Å². The van der Waals surface area contributed by atoms with Crippen molar-refractivity contribution >= 4 is 56.3 Å². The summed E-state index contributed by atoms with van der Waals surface area (Å²) in [4.78, 5) is 22.8. The maximum absolute atomic E-state index is 6.41. The first kappa shape index (κ1) is 32.0. The van der Waals surface area contributed by atoms with Gasteiger partial charge >= 0.3 is 0 Å². The fraction of sp³-hybridized carbons (Fsp3) is 0. The highest BCUT2D eigenvalue weighted by Gasteiger charge is 2.29. The van der Waals surface area contributed by atoms with E-state index in [1.54, 1.807) is 24.8 Å². The summed E-state index contributed by atoms with van der Waals surface area (Å²) in [6.45, 7) is 0. The van der Waals surface area contributed by atoms with Crippen LogP contribution in [0.15, 0.2) is 179 Å². The van der Waals surface area contributed by atoms with Gasteiger partial charge in [0.05, 0.1) is 35.1 Å². The number of hydrogen-bond acceptors (Lipinski definition) is 10. The molecular weight excluding hydrogens is 725 g/mol. The molecule has 6 heterocycles. The van der Waals surface area contributed by atoms with Gasteiger partial charge in [0.25, 0.3) is 0 Å². The third-order valence-corrected chi connectivity index (χ3v) is 10.4. The Morgan fingerprint density at radius 3 is 1.12 bits per heavy atom. The lowest BCUT2D eigenvalue weighted by molar-refractivity contribution is 0.476. The number of oxazole rings is 2. The minimum Gasteiger partial charge on any atom is -0.453 e. The number of para-hydroxylation sites is 8. The molecule has 2 aliphatic rings. The number of rotatable bonds is 5. The van der Waals surface area contributed by atoms with E-state index in [0.717, 1.165) is 90.4 Å². The first-order valence-electron chi connectivity index (χ1n) is 18.7. The predicted molar refractivity (Wildman–Crippen MR) is 223 cm³/mol. The molecular formula is C48H28N6O4. The number of hydrogen-bond donors (Lipinski definition) is 0. The maximum atomic E-state index is 6.41. The van der Waals surface area contributed by atoms with Crippen molar-refractivity contribution in [1.82, 2.24) is 19.9 Å². The zero-order chi connectivity index (χ0) is 38.2. The van der Waals surface area contributed by atoms with E-state index in [1.807, 2.05) is 84.9 Å². The SMILES string of the molecule is c1ccc2c(c1)Oc1ccccc1N2c1cc(-c2cc(-c3nc4ccncc4o3)cc(N3c4ccccc4Oc4ccccc43)c2)cc(-c2nc3ccncc3o2)c1. The van der Waals surface area contributed by atoms with E-state index in [0.29, 0.717) is 22.9 Å². The molecule has 10 aromatic rings. The number of benzene rings is 6. The quantitative estimate of drug-likeness (QED) is 0.169. The molecule has 12 rings (SSSR count). The molecule has 0 N–H and O–H groups in total. The summed E-state index contributed by atoms with van der Waals surface area (Å²) in [5, 5.41) is 0. The van der Waals surface area contributed by atoms with E-state index < -0.39 is 0 Å². The topological polar surface area (TPSA) is 103 Å². The highest BCUT2D eigenvalue weighted by atomic mass is 16.5. The number of pyridine rings is 2. The molecule has 0 saturated carbocycles. The first-order chi connectivity index (χ1) is 28.7. The van der Waals surface area contributed by atoms with E-state index in [4.69, 9.17) is 28.3 Å². The van der Waals surface area contributed by atoms with Crippen LogP contribution in [0, 0.1) is 0 Å². The van der Waals surface area contributed by atoms with Crippen LogP contribution in [-0.2, 0) is 0 Å². The summed E-state index contributed by atoms with van der Waals surface area (Å²) in [6, 6.07) is 48.7. The van der Waals surface area contributed by atoms with Crippen molar-refractivity contribution in [3.05, 3.63) is 170 Å². The lowest BCUT2D eigenvalue weighted by Crippen LogP contribution is -2.16. The maximum Gasteiger partial charge on any atom is 0.227 e. The number of fused-ring (bicyclic) bond motifs is 6. The van der Waals surface area contributed by atoms with Gasteiger partial charge in [0, 0.05) is 34.9 Å². The minimum atomic E-state index is 0.472. The second kappa shape index (κ2) is 12.7. The van der Waals surface area contributed by atoms with Gasteiger partial charge in [-0.15, -0.1) is 0 Å². The molecule has 0 radical (unpaired) electrons. The Kier molecular flexibility index (Phi) is 6.99. The summed E-state index contributed by atoms with van der Waals surface area (Å²) in [5.41, 5.74) is 11.4. The Bertz CT molecular complexity index is 2870. The number of ether oxygens (including phenoxy) is 2. The molecule has 0 atom stereocenters. The van der Waals surface area contributed by atoms with Crippen molar-refractivity contribution < 1.29 is 18.3 Å². The largest absolute Gasteiger partial charge is 0.453 e. The monoisotopic (exact) mass is 752 g/mol. The second-order valence-corrected chi connectivity index (χ2v) is 14.0. The van der Waals surface area contributed by atoms with Crippen LogP contribution in [0.3, 0.4) is 0 Å². The number of anilines is 6. The molecule has 0 saturated heterocycles. The smallest absolute Gasteiger partial charge is 0.227 e. The summed E-state index contributed by atoms with van der Waals surface area (Å²) in [6.07, 6.45) is 6.81. The van der Waals surface area contributed by atoms with Crippen LogP contribution in [0.4, 0.5) is 34.1 Å². The first-order valence-corrected chi connectivity index (χ1v) is 18.7. The van der Waals surface area contributed by atoms with Crippen LogP contribution in [0.1, 0.15) is 0 Å². The number of aromatic nitrogens is 4. The van der Waals surface area contributed by atoms with Crippen molar-refractivity contribution in [3.8, 4) is 57.0 Å². The van der Waals surface area contributed by atoms with Gasteiger partial charge < -0.3 is 28.1 Å². The second-order valence-electron chi connectivity index (χ2n) is 14.0. The van der Waals surface area contributed by atoms with Crippen LogP contribution >= 0.6 is 0 Å². The molecule has 0 unspecified atom stereocenters. The van der Waals surface area contributed by atoms with Crippen LogP contribution in [0.5, 0.6) is 23.0 Å². The zero-order valence-electron chi connectivity index (χ0n) is 30.5. The van der Waals surface area contributed by atoms with Crippen LogP contribution < -0.4 is 19.3 Å². The molecule has 58 heavy (non-hydrogen) atoms. The van der Waals surface area contributed by atoms with Gasteiger partial charge in [0.1, 0.15) is 11.0 Å². The lowest BCUT2D eigenvalue weighted by atomic mass is 9.97. The minimum absolute atomic E-state index is 0.472. The molecule has 10 nitrogen and oxygen atoms in total. The predicted octanol–water partition coefficient (Wildman–Crippen LogP) is 12.9. The fourth-order valence-electron chi connectivity index (χ4n) is 7.83. The molecule has 0 aliphatic carbocycles. The average Bonchev–Trinajstić information content (AvgIpc) is 3.92. The van der Waals surface area contributed by atoms with Crippen molar-refractivity contribution in [2.75, 3.05) is 9.80 Å². The summed E-state index contributed by atoms with van der Waals surface area (Å²) >= 11 is 0. The Labute approximate surface area is 330 Å². The zero-order valence-corrected chi connectivity index (χ0v) is 30.5. The molecule has 6 aromatic carbocycles. The highest BCUT2D eigenvalue weighted by Crippen LogP contribution is 2.53. The molecule has 2 aliphatic heterocycles. The normalized spacial score (nSPS) is 12.7. The van der Waals surface area contributed by atoms with Gasteiger partial charge in [-0.25, -0.2) is 9.97 Å². The van der Waals surface area contributed by atoms with Crippen LogP contribution in [0.25, 0.3) is 56.2 Å². The Balaban J connectivity index is 1.13. The molecule has 0 fully saturated rings.